The molecule has 2 rings (SSSR count). The van der Waals surface area contributed by atoms with Crippen molar-refractivity contribution in [2.75, 3.05) is 0 Å². The average molecular weight is 249 g/mol. The first kappa shape index (κ1) is 12.8. The van der Waals surface area contributed by atoms with Gasteiger partial charge in [0.1, 0.15) is 17.4 Å². The molecular weight excluding hydrogens is 230 g/mol. The maximum atomic E-state index is 12.5. The first-order chi connectivity index (χ1) is 8.12. The molecule has 0 aliphatic heterocycles. The van der Waals surface area contributed by atoms with Gasteiger partial charge in [-0.2, -0.15) is 0 Å². The lowest BCUT2D eigenvalue weighted by molar-refractivity contribution is 0.379. The van der Waals surface area contributed by atoms with Crippen molar-refractivity contribution in [2.45, 2.75) is 52.5 Å². The summed E-state index contributed by atoms with van der Waals surface area (Å²) in [5.41, 5.74) is 0.311. The van der Waals surface area contributed by atoms with Crippen molar-refractivity contribution in [3.05, 3.63) is 22.4 Å². The lowest BCUT2D eigenvalue weighted by Crippen LogP contribution is -2.34. The molecule has 0 spiro atoms. The summed E-state index contributed by atoms with van der Waals surface area (Å²) in [6.07, 6.45) is 1.52. The predicted molar refractivity (Wildman–Crippen MR) is 69.8 cm³/mol. The molecule has 2 aromatic heterocycles. The fourth-order valence-electron chi connectivity index (χ4n) is 1.84. The molecule has 0 N–H and O–H groups in total. The second-order valence-corrected chi connectivity index (χ2v) is 6.55. The van der Waals surface area contributed by atoms with E-state index in [9.17, 15) is 4.79 Å². The highest BCUT2D eigenvalue weighted by molar-refractivity contribution is 5.75. The van der Waals surface area contributed by atoms with Crippen molar-refractivity contribution in [3.63, 3.8) is 0 Å². The SMILES string of the molecule is CC(C)(C)c1noc2ncn(C(C)(C)C)c(=O)c12. The van der Waals surface area contributed by atoms with Crippen molar-refractivity contribution in [1.29, 1.82) is 0 Å². The highest BCUT2D eigenvalue weighted by atomic mass is 16.5. The van der Waals surface area contributed by atoms with E-state index in [1.54, 1.807) is 4.57 Å². The fraction of sp³-hybridized carbons (Fsp3) is 0.615. The van der Waals surface area contributed by atoms with Crippen molar-refractivity contribution in [1.82, 2.24) is 14.7 Å². The molecule has 5 nitrogen and oxygen atoms in total. The third-order valence-corrected chi connectivity index (χ3v) is 2.83. The third-order valence-electron chi connectivity index (χ3n) is 2.83. The molecule has 0 radical (unpaired) electrons. The van der Waals surface area contributed by atoms with Crippen LogP contribution in [0.3, 0.4) is 0 Å². The molecule has 0 aliphatic rings. The smallest absolute Gasteiger partial charge is 0.267 e. The lowest BCUT2D eigenvalue weighted by atomic mass is 9.90. The summed E-state index contributed by atoms with van der Waals surface area (Å²) < 4.78 is 6.76. The van der Waals surface area contributed by atoms with Gasteiger partial charge >= 0.3 is 0 Å². The van der Waals surface area contributed by atoms with E-state index in [4.69, 9.17) is 4.52 Å². The number of rotatable bonds is 0. The topological polar surface area (TPSA) is 60.9 Å². The van der Waals surface area contributed by atoms with Gasteiger partial charge in [0, 0.05) is 11.0 Å². The Morgan fingerprint density at radius 2 is 1.78 bits per heavy atom. The second kappa shape index (κ2) is 3.67. The molecule has 2 aromatic rings. The van der Waals surface area contributed by atoms with Gasteiger partial charge in [-0.3, -0.25) is 9.36 Å². The minimum absolute atomic E-state index is 0.0984. The Kier molecular flexibility index (Phi) is 2.61. The van der Waals surface area contributed by atoms with Crippen LogP contribution in [-0.4, -0.2) is 14.7 Å². The quantitative estimate of drug-likeness (QED) is 0.719. The predicted octanol–water partition coefficient (Wildman–Crippen LogP) is 2.44. The first-order valence-corrected chi connectivity index (χ1v) is 6.00. The number of fused-ring (bicyclic) bond motifs is 1. The summed E-state index contributed by atoms with van der Waals surface area (Å²) in [5, 5.41) is 4.49. The van der Waals surface area contributed by atoms with Crippen molar-refractivity contribution < 1.29 is 4.52 Å². The molecular formula is C13H19N3O2. The summed E-state index contributed by atoms with van der Waals surface area (Å²) in [4.78, 5) is 16.7. The van der Waals surface area contributed by atoms with Crippen LogP contribution in [0.2, 0.25) is 0 Å². The number of hydrogen-bond donors (Lipinski definition) is 0. The van der Waals surface area contributed by atoms with Crippen LogP contribution in [0.4, 0.5) is 0 Å². The second-order valence-electron chi connectivity index (χ2n) is 6.55. The molecule has 0 unspecified atom stereocenters. The standard InChI is InChI=1S/C13H19N3O2/c1-12(2,3)9-8-10(18-15-9)14-7-16(11(8)17)13(4,5)6/h7H,1-6H3. The number of nitrogens with zero attached hydrogens (tertiary/aromatic N) is 3. The van der Waals surface area contributed by atoms with Crippen LogP contribution in [0.1, 0.15) is 47.2 Å². The molecule has 0 amide bonds. The van der Waals surface area contributed by atoms with E-state index < -0.39 is 0 Å². The lowest BCUT2D eigenvalue weighted by Gasteiger charge is -2.21. The summed E-state index contributed by atoms with van der Waals surface area (Å²) in [7, 11) is 0. The molecule has 2 heterocycles. The van der Waals surface area contributed by atoms with Crippen LogP contribution in [0, 0.1) is 0 Å². The molecule has 18 heavy (non-hydrogen) atoms. The number of aromatic nitrogens is 3. The minimum Gasteiger partial charge on any atom is -0.335 e. The zero-order valence-corrected chi connectivity index (χ0v) is 11.7. The van der Waals surface area contributed by atoms with E-state index in [2.05, 4.69) is 10.1 Å². The van der Waals surface area contributed by atoms with E-state index in [1.165, 1.54) is 6.33 Å². The highest BCUT2D eigenvalue weighted by Gasteiger charge is 2.27. The minimum atomic E-state index is -0.315. The molecule has 0 atom stereocenters. The fourth-order valence-corrected chi connectivity index (χ4v) is 1.84. The van der Waals surface area contributed by atoms with Crippen LogP contribution in [0.5, 0.6) is 0 Å². The number of hydrogen-bond acceptors (Lipinski definition) is 4. The summed E-state index contributed by atoms with van der Waals surface area (Å²) in [5.74, 6) is 0. The Bertz CT molecular complexity index is 639. The van der Waals surface area contributed by atoms with E-state index in [0.29, 0.717) is 16.8 Å². The zero-order chi connectivity index (χ0) is 13.7. The van der Waals surface area contributed by atoms with Gasteiger partial charge in [0.25, 0.3) is 11.3 Å². The van der Waals surface area contributed by atoms with Gasteiger partial charge in [0.15, 0.2) is 0 Å². The first-order valence-electron chi connectivity index (χ1n) is 6.00. The van der Waals surface area contributed by atoms with Crippen LogP contribution in [0.25, 0.3) is 11.1 Å². The van der Waals surface area contributed by atoms with Gasteiger partial charge in [-0.1, -0.05) is 25.9 Å². The highest BCUT2D eigenvalue weighted by Crippen LogP contribution is 2.26. The van der Waals surface area contributed by atoms with Crippen molar-refractivity contribution >= 4 is 11.1 Å². The molecule has 5 heteroatoms. The Morgan fingerprint density at radius 3 is 2.28 bits per heavy atom. The molecule has 0 saturated heterocycles. The molecule has 0 aliphatic carbocycles. The molecule has 0 fully saturated rings. The summed E-state index contributed by atoms with van der Waals surface area (Å²) in [6.45, 7) is 11.9. The molecule has 0 bridgehead atoms. The summed E-state index contributed by atoms with van der Waals surface area (Å²) in [6, 6.07) is 0. The van der Waals surface area contributed by atoms with Gasteiger partial charge < -0.3 is 4.52 Å². The molecule has 98 valence electrons. The van der Waals surface area contributed by atoms with Crippen molar-refractivity contribution in [2.24, 2.45) is 0 Å². The van der Waals surface area contributed by atoms with Crippen LogP contribution >= 0.6 is 0 Å². The van der Waals surface area contributed by atoms with Gasteiger partial charge in [0.2, 0.25) is 0 Å². The third kappa shape index (κ3) is 1.94. The Balaban J connectivity index is 2.85. The van der Waals surface area contributed by atoms with E-state index in [0.717, 1.165) is 0 Å². The van der Waals surface area contributed by atoms with Crippen LogP contribution < -0.4 is 5.56 Å². The average Bonchev–Trinajstić information content (AvgIpc) is 2.59. The molecule has 0 aromatic carbocycles. The van der Waals surface area contributed by atoms with Crippen molar-refractivity contribution in [3.8, 4) is 0 Å². The van der Waals surface area contributed by atoms with E-state index >= 15 is 0 Å². The largest absolute Gasteiger partial charge is 0.335 e. The van der Waals surface area contributed by atoms with E-state index in [-0.39, 0.29) is 16.5 Å². The summed E-state index contributed by atoms with van der Waals surface area (Å²) >= 11 is 0. The van der Waals surface area contributed by atoms with E-state index in [1.807, 2.05) is 41.5 Å². The normalized spacial score (nSPS) is 13.2. The monoisotopic (exact) mass is 249 g/mol. The van der Waals surface area contributed by atoms with Gasteiger partial charge in [-0.25, -0.2) is 4.98 Å². The maximum absolute atomic E-state index is 12.5. The molecule has 0 saturated carbocycles. The van der Waals surface area contributed by atoms with Crippen LogP contribution in [0.15, 0.2) is 15.6 Å². The Morgan fingerprint density at radius 1 is 1.17 bits per heavy atom. The Labute approximate surface area is 106 Å². The van der Waals surface area contributed by atoms with Gasteiger partial charge in [-0.15, -0.1) is 0 Å². The van der Waals surface area contributed by atoms with Gasteiger partial charge in [0.05, 0.1) is 0 Å². The Hall–Kier alpha value is -1.65. The van der Waals surface area contributed by atoms with Crippen LogP contribution in [-0.2, 0) is 11.0 Å². The zero-order valence-electron chi connectivity index (χ0n) is 11.7. The van der Waals surface area contributed by atoms with Gasteiger partial charge in [-0.05, 0) is 20.8 Å². The maximum Gasteiger partial charge on any atom is 0.267 e.